The summed E-state index contributed by atoms with van der Waals surface area (Å²) in [5.41, 5.74) is 0.918. The van der Waals surface area contributed by atoms with Crippen LogP contribution in [0.5, 0.6) is 0 Å². The number of nitrogens with zero attached hydrogens (tertiary/aromatic N) is 3. The maximum absolute atomic E-state index is 12.0. The highest BCUT2D eigenvalue weighted by molar-refractivity contribution is 5.95. The molecule has 0 aromatic carbocycles. The number of nitrogens with one attached hydrogen (secondary N) is 2. The molecule has 2 aromatic heterocycles. The van der Waals surface area contributed by atoms with Gasteiger partial charge in [-0.25, -0.2) is 4.79 Å². The largest absolute Gasteiger partial charge is 0.467 e. The van der Waals surface area contributed by atoms with Crippen LogP contribution in [0.25, 0.3) is 0 Å². The fourth-order valence-corrected chi connectivity index (χ4v) is 2.82. The first-order chi connectivity index (χ1) is 12.6. The van der Waals surface area contributed by atoms with Gasteiger partial charge in [0, 0.05) is 38.8 Å². The number of amides is 3. The fourth-order valence-electron chi connectivity index (χ4n) is 2.82. The van der Waals surface area contributed by atoms with E-state index < -0.39 is 6.03 Å². The summed E-state index contributed by atoms with van der Waals surface area (Å²) in [6.07, 6.45) is 1.53. The average Bonchev–Trinajstić information content (AvgIpc) is 3.26. The van der Waals surface area contributed by atoms with Crippen molar-refractivity contribution < 1.29 is 18.5 Å². The normalized spacial score (nSPS) is 15.7. The third kappa shape index (κ3) is 5.43. The van der Waals surface area contributed by atoms with Crippen molar-refractivity contribution in [2.45, 2.75) is 20.0 Å². The second-order valence-corrected chi connectivity index (χ2v) is 6.29. The molecule has 0 bridgehead atoms. The van der Waals surface area contributed by atoms with Crippen molar-refractivity contribution in [2.75, 3.05) is 32.7 Å². The maximum Gasteiger partial charge on any atom is 0.321 e. The zero-order valence-electron chi connectivity index (χ0n) is 14.7. The van der Waals surface area contributed by atoms with E-state index in [4.69, 9.17) is 8.94 Å². The Morgan fingerprint density at radius 2 is 2.00 bits per heavy atom. The molecule has 1 aliphatic rings. The summed E-state index contributed by atoms with van der Waals surface area (Å²) in [7, 11) is 0. The van der Waals surface area contributed by atoms with Crippen molar-refractivity contribution in [3.63, 3.8) is 0 Å². The number of imide groups is 1. The second-order valence-electron chi connectivity index (χ2n) is 6.29. The second kappa shape index (κ2) is 8.63. The fraction of sp³-hybridized carbons (Fsp3) is 0.471. The molecule has 3 rings (SSSR count). The Hall–Kier alpha value is -2.65. The highest BCUT2D eigenvalue weighted by Gasteiger charge is 2.20. The lowest BCUT2D eigenvalue weighted by Crippen LogP contribution is -2.50. The zero-order chi connectivity index (χ0) is 18.4. The number of rotatable bonds is 6. The highest BCUT2D eigenvalue weighted by atomic mass is 16.5. The Morgan fingerprint density at radius 1 is 1.23 bits per heavy atom. The monoisotopic (exact) mass is 361 g/mol. The van der Waals surface area contributed by atoms with Crippen LogP contribution in [-0.2, 0) is 17.9 Å². The molecule has 1 fully saturated rings. The van der Waals surface area contributed by atoms with Gasteiger partial charge in [0.1, 0.15) is 11.5 Å². The first kappa shape index (κ1) is 18.2. The van der Waals surface area contributed by atoms with Gasteiger partial charge in [-0.05, 0) is 19.1 Å². The molecule has 0 spiro atoms. The molecular formula is C17H23N5O4. The van der Waals surface area contributed by atoms with E-state index in [1.54, 1.807) is 12.1 Å². The van der Waals surface area contributed by atoms with Gasteiger partial charge in [0.2, 0.25) is 5.91 Å². The maximum atomic E-state index is 12.0. The molecule has 140 valence electrons. The van der Waals surface area contributed by atoms with Gasteiger partial charge in [0.15, 0.2) is 0 Å². The average molecular weight is 361 g/mol. The lowest BCUT2D eigenvalue weighted by molar-refractivity contribution is -0.121. The van der Waals surface area contributed by atoms with Crippen LogP contribution in [0, 0.1) is 6.92 Å². The molecule has 3 amide bonds. The summed E-state index contributed by atoms with van der Waals surface area (Å²) in [6.45, 7) is 6.26. The molecule has 1 saturated heterocycles. The Bertz CT molecular complexity index is 719. The van der Waals surface area contributed by atoms with Gasteiger partial charge in [0.05, 0.1) is 25.0 Å². The van der Waals surface area contributed by atoms with Crippen molar-refractivity contribution in [3.05, 3.63) is 41.7 Å². The van der Waals surface area contributed by atoms with Gasteiger partial charge in [-0.3, -0.25) is 19.9 Å². The van der Waals surface area contributed by atoms with Gasteiger partial charge >= 0.3 is 6.03 Å². The van der Waals surface area contributed by atoms with E-state index in [-0.39, 0.29) is 19.0 Å². The van der Waals surface area contributed by atoms with Crippen LogP contribution in [0.1, 0.15) is 17.2 Å². The Kier molecular flexibility index (Phi) is 6.03. The summed E-state index contributed by atoms with van der Waals surface area (Å²) < 4.78 is 10.2. The summed E-state index contributed by atoms with van der Waals surface area (Å²) in [6, 6.07) is 4.90. The van der Waals surface area contributed by atoms with Crippen LogP contribution in [-0.4, -0.2) is 59.6 Å². The van der Waals surface area contributed by atoms with Crippen LogP contribution in [0.15, 0.2) is 33.4 Å². The minimum Gasteiger partial charge on any atom is -0.467 e. The van der Waals surface area contributed by atoms with E-state index in [2.05, 4.69) is 20.7 Å². The first-order valence-electron chi connectivity index (χ1n) is 8.55. The Morgan fingerprint density at radius 3 is 2.65 bits per heavy atom. The Labute approximate surface area is 151 Å². The number of aromatic nitrogens is 1. The van der Waals surface area contributed by atoms with Gasteiger partial charge in [-0.15, -0.1) is 0 Å². The van der Waals surface area contributed by atoms with E-state index in [9.17, 15) is 9.59 Å². The van der Waals surface area contributed by atoms with Crippen LogP contribution in [0.2, 0.25) is 0 Å². The van der Waals surface area contributed by atoms with E-state index in [1.807, 2.05) is 17.9 Å². The number of hydrogen-bond donors (Lipinski definition) is 2. The molecule has 0 atom stereocenters. The number of aryl methyl sites for hydroxylation is 1. The molecule has 3 heterocycles. The van der Waals surface area contributed by atoms with Crippen LogP contribution in [0.4, 0.5) is 4.79 Å². The van der Waals surface area contributed by atoms with E-state index in [0.29, 0.717) is 5.76 Å². The van der Waals surface area contributed by atoms with Crippen LogP contribution >= 0.6 is 0 Å². The molecule has 0 unspecified atom stereocenters. The van der Waals surface area contributed by atoms with Crippen LogP contribution < -0.4 is 10.6 Å². The standard InChI is InChI=1S/C17H23N5O4/c1-13-9-14(20-26-13)11-21-4-6-22(7-5-21)12-16(23)19-17(24)18-10-15-3-2-8-25-15/h2-3,8-9H,4-7,10-12H2,1H3,(H2,18,19,23,24). The summed E-state index contributed by atoms with van der Waals surface area (Å²) >= 11 is 0. The van der Waals surface area contributed by atoms with Crippen molar-refractivity contribution in [1.82, 2.24) is 25.6 Å². The molecule has 9 nitrogen and oxygen atoms in total. The SMILES string of the molecule is Cc1cc(CN2CCN(CC(=O)NC(=O)NCc3ccco3)CC2)no1. The van der Waals surface area contributed by atoms with E-state index in [1.165, 1.54) is 6.26 Å². The number of urea groups is 1. The summed E-state index contributed by atoms with van der Waals surface area (Å²) in [5, 5.41) is 8.92. The molecule has 0 radical (unpaired) electrons. The minimum absolute atomic E-state index is 0.199. The van der Waals surface area contributed by atoms with Crippen molar-refractivity contribution >= 4 is 11.9 Å². The third-order valence-electron chi connectivity index (χ3n) is 4.15. The first-order valence-corrected chi connectivity index (χ1v) is 8.55. The number of carbonyl (C=O) groups excluding carboxylic acids is 2. The summed E-state index contributed by atoms with van der Waals surface area (Å²) in [5.74, 6) is 1.12. The molecule has 2 N–H and O–H groups in total. The number of carbonyl (C=O) groups is 2. The van der Waals surface area contributed by atoms with Gasteiger partial charge < -0.3 is 14.3 Å². The lowest BCUT2D eigenvalue weighted by atomic mass is 10.2. The molecule has 0 saturated carbocycles. The highest BCUT2D eigenvalue weighted by Crippen LogP contribution is 2.08. The van der Waals surface area contributed by atoms with Gasteiger partial charge in [-0.2, -0.15) is 0 Å². The third-order valence-corrected chi connectivity index (χ3v) is 4.15. The van der Waals surface area contributed by atoms with Crippen molar-refractivity contribution in [3.8, 4) is 0 Å². The molecule has 2 aromatic rings. The van der Waals surface area contributed by atoms with Gasteiger partial charge in [0.25, 0.3) is 0 Å². The number of furan rings is 1. The minimum atomic E-state index is -0.522. The predicted molar refractivity (Wildman–Crippen MR) is 92.0 cm³/mol. The molecule has 9 heteroatoms. The number of piperazine rings is 1. The lowest BCUT2D eigenvalue weighted by Gasteiger charge is -2.33. The van der Waals surface area contributed by atoms with Crippen molar-refractivity contribution in [2.24, 2.45) is 0 Å². The quantitative estimate of drug-likeness (QED) is 0.781. The molecule has 0 aliphatic carbocycles. The molecule has 26 heavy (non-hydrogen) atoms. The van der Waals surface area contributed by atoms with E-state index >= 15 is 0 Å². The summed E-state index contributed by atoms with van der Waals surface area (Å²) in [4.78, 5) is 28.0. The molecular weight excluding hydrogens is 338 g/mol. The van der Waals surface area contributed by atoms with Crippen molar-refractivity contribution in [1.29, 1.82) is 0 Å². The Balaban J connectivity index is 1.33. The zero-order valence-corrected chi connectivity index (χ0v) is 14.7. The number of hydrogen-bond acceptors (Lipinski definition) is 7. The smallest absolute Gasteiger partial charge is 0.321 e. The van der Waals surface area contributed by atoms with Gasteiger partial charge in [-0.1, -0.05) is 5.16 Å². The topological polar surface area (TPSA) is 104 Å². The van der Waals surface area contributed by atoms with Crippen LogP contribution in [0.3, 0.4) is 0 Å². The predicted octanol–water partition coefficient (Wildman–Crippen LogP) is 0.720. The molecule has 1 aliphatic heterocycles. The van der Waals surface area contributed by atoms with E-state index in [0.717, 1.165) is 44.2 Å².